The van der Waals surface area contributed by atoms with E-state index < -0.39 is 10.0 Å². The number of carbonyl (C=O) groups is 1. The van der Waals surface area contributed by atoms with E-state index in [0.29, 0.717) is 5.69 Å². The molecule has 1 rings (SSSR count). The van der Waals surface area contributed by atoms with Crippen molar-refractivity contribution in [1.29, 1.82) is 0 Å². The van der Waals surface area contributed by atoms with Gasteiger partial charge in [-0.15, -0.1) is 0 Å². The third kappa shape index (κ3) is 3.46. The van der Waals surface area contributed by atoms with Gasteiger partial charge in [-0.25, -0.2) is 8.42 Å². The highest BCUT2D eigenvalue weighted by Gasteiger charge is 2.23. The van der Waals surface area contributed by atoms with Gasteiger partial charge in [0.25, 0.3) is 0 Å². The van der Waals surface area contributed by atoms with Crippen molar-refractivity contribution in [2.75, 3.05) is 30.7 Å². The van der Waals surface area contributed by atoms with Crippen LogP contribution in [0.1, 0.15) is 6.92 Å². The Morgan fingerprint density at radius 3 is 2.44 bits per heavy atom. The van der Waals surface area contributed by atoms with Crippen LogP contribution in [0.4, 0.5) is 5.69 Å². The average Bonchev–Trinajstić information content (AvgIpc) is 2.36. The van der Waals surface area contributed by atoms with Crippen LogP contribution in [0.25, 0.3) is 0 Å². The minimum atomic E-state index is -3.49. The van der Waals surface area contributed by atoms with Crippen LogP contribution in [0.5, 0.6) is 0 Å². The fourth-order valence-corrected chi connectivity index (χ4v) is 2.32. The highest BCUT2D eigenvalue weighted by molar-refractivity contribution is 7.92. The Balaban J connectivity index is 3.09. The van der Waals surface area contributed by atoms with Gasteiger partial charge < -0.3 is 4.90 Å². The van der Waals surface area contributed by atoms with Crippen molar-refractivity contribution >= 4 is 21.6 Å². The first-order chi connectivity index (χ1) is 8.38. The van der Waals surface area contributed by atoms with Crippen molar-refractivity contribution in [3.8, 4) is 0 Å². The lowest BCUT2D eigenvalue weighted by Gasteiger charge is -2.24. The van der Waals surface area contributed by atoms with Crippen LogP contribution in [0.3, 0.4) is 0 Å². The molecule has 0 heterocycles. The topological polar surface area (TPSA) is 57.7 Å². The first-order valence-corrected chi connectivity index (χ1v) is 7.16. The van der Waals surface area contributed by atoms with Crippen LogP contribution in [0, 0.1) is 6.07 Å². The molecular weight excluding hydrogens is 252 g/mol. The van der Waals surface area contributed by atoms with E-state index in [2.05, 4.69) is 6.07 Å². The molecule has 0 unspecified atom stereocenters. The molecule has 1 radical (unpaired) electrons. The van der Waals surface area contributed by atoms with Gasteiger partial charge in [0.2, 0.25) is 15.9 Å². The molecule has 0 atom stereocenters. The molecule has 0 saturated carbocycles. The van der Waals surface area contributed by atoms with E-state index in [1.54, 1.807) is 45.3 Å². The number of para-hydroxylation sites is 1. The molecule has 1 amide bonds. The van der Waals surface area contributed by atoms with Crippen molar-refractivity contribution in [2.45, 2.75) is 6.92 Å². The summed E-state index contributed by atoms with van der Waals surface area (Å²) in [6.07, 6.45) is 0. The maximum Gasteiger partial charge on any atom is 0.242 e. The van der Waals surface area contributed by atoms with Crippen LogP contribution in [0.15, 0.2) is 24.3 Å². The zero-order chi connectivity index (χ0) is 13.8. The number of amides is 1. The lowest BCUT2D eigenvalue weighted by molar-refractivity contribution is -0.127. The summed E-state index contributed by atoms with van der Waals surface area (Å²) in [6.45, 7) is 1.34. The van der Waals surface area contributed by atoms with E-state index in [4.69, 9.17) is 0 Å². The molecule has 18 heavy (non-hydrogen) atoms. The molecule has 99 valence electrons. The molecule has 1 aromatic rings. The molecule has 0 saturated heterocycles. The molecule has 6 heteroatoms. The van der Waals surface area contributed by atoms with Crippen molar-refractivity contribution in [3.05, 3.63) is 30.3 Å². The summed E-state index contributed by atoms with van der Waals surface area (Å²) in [7, 11) is -0.305. The van der Waals surface area contributed by atoms with Crippen molar-refractivity contribution in [2.24, 2.45) is 0 Å². The molecule has 0 aliphatic rings. The van der Waals surface area contributed by atoms with E-state index in [1.807, 2.05) is 0 Å². The van der Waals surface area contributed by atoms with Crippen molar-refractivity contribution in [3.63, 3.8) is 0 Å². The second kappa shape index (κ2) is 5.86. The molecule has 0 bridgehead atoms. The maximum absolute atomic E-state index is 12.0. The molecule has 0 N–H and O–H groups in total. The van der Waals surface area contributed by atoms with Gasteiger partial charge in [0.1, 0.15) is 6.54 Å². The second-order valence-corrected chi connectivity index (χ2v) is 6.13. The van der Waals surface area contributed by atoms with Gasteiger partial charge in [0, 0.05) is 20.2 Å². The van der Waals surface area contributed by atoms with E-state index in [0.717, 1.165) is 4.31 Å². The predicted octanol–water partition coefficient (Wildman–Crippen LogP) is 0.731. The number of likely N-dealkylation sites (N-methyl/N-ethyl adjacent to an activating group) is 1. The monoisotopic (exact) mass is 269 g/mol. The number of rotatable bonds is 5. The van der Waals surface area contributed by atoms with Gasteiger partial charge in [0.15, 0.2) is 0 Å². The number of sulfonamides is 1. The zero-order valence-corrected chi connectivity index (χ0v) is 11.6. The summed E-state index contributed by atoms with van der Waals surface area (Å²) < 4.78 is 25.1. The molecular formula is C12H17N2O3S. The first kappa shape index (κ1) is 14.5. The van der Waals surface area contributed by atoms with E-state index in [9.17, 15) is 13.2 Å². The van der Waals surface area contributed by atoms with E-state index in [-0.39, 0.29) is 18.2 Å². The molecule has 1 aromatic carbocycles. The van der Waals surface area contributed by atoms with Crippen LogP contribution < -0.4 is 4.31 Å². The molecule has 0 aliphatic heterocycles. The molecule has 0 aliphatic carbocycles. The van der Waals surface area contributed by atoms with Crippen LogP contribution in [-0.2, 0) is 14.8 Å². The summed E-state index contributed by atoms with van der Waals surface area (Å²) in [5.41, 5.74) is 0.384. The number of anilines is 1. The Labute approximate surface area is 108 Å². The summed E-state index contributed by atoms with van der Waals surface area (Å²) in [5.74, 6) is -0.333. The fourth-order valence-electron chi connectivity index (χ4n) is 1.29. The van der Waals surface area contributed by atoms with Crippen LogP contribution >= 0.6 is 0 Å². The smallest absolute Gasteiger partial charge is 0.242 e. The maximum atomic E-state index is 12.0. The van der Waals surface area contributed by atoms with Gasteiger partial charge in [-0.2, -0.15) is 0 Å². The number of nitrogens with zero attached hydrogens (tertiary/aromatic N) is 2. The summed E-state index contributed by atoms with van der Waals surface area (Å²) >= 11 is 0. The highest BCUT2D eigenvalue weighted by Crippen LogP contribution is 2.17. The minimum absolute atomic E-state index is 0.0591. The number of hydrogen-bond donors (Lipinski definition) is 0. The molecule has 0 spiro atoms. The van der Waals surface area contributed by atoms with Gasteiger partial charge in [-0.05, 0) is 13.0 Å². The van der Waals surface area contributed by atoms with Gasteiger partial charge >= 0.3 is 0 Å². The predicted molar refractivity (Wildman–Crippen MR) is 70.8 cm³/mol. The number of hydrogen-bond acceptors (Lipinski definition) is 3. The quantitative estimate of drug-likeness (QED) is 0.792. The van der Waals surface area contributed by atoms with Crippen LogP contribution in [-0.4, -0.2) is 45.6 Å². The molecule has 0 aromatic heterocycles. The normalized spacial score (nSPS) is 11.1. The number of carbonyl (C=O) groups excluding carboxylic acids is 1. The van der Waals surface area contributed by atoms with Gasteiger partial charge in [-0.1, -0.05) is 18.2 Å². The fraction of sp³-hybridized carbons (Fsp3) is 0.417. The Hall–Kier alpha value is -1.56. The summed E-state index contributed by atoms with van der Waals surface area (Å²) in [6, 6.07) is 9.53. The van der Waals surface area contributed by atoms with Crippen molar-refractivity contribution in [1.82, 2.24) is 4.90 Å². The average molecular weight is 269 g/mol. The van der Waals surface area contributed by atoms with Crippen LogP contribution in [0.2, 0.25) is 0 Å². The standard InChI is InChI=1S/C12H17N2O3S/c1-4-18(16,17)14(10-12(15)13(2)3)11-8-6-5-7-9-11/h5-8H,4,10H2,1-3H3. The van der Waals surface area contributed by atoms with Crippen molar-refractivity contribution < 1.29 is 13.2 Å². The third-order valence-electron chi connectivity index (χ3n) is 2.44. The zero-order valence-electron chi connectivity index (χ0n) is 10.8. The third-order valence-corrected chi connectivity index (χ3v) is 4.17. The first-order valence-electron chi connectivity index (χ1n) is 5.55. The minimum Gasteiger partial charge on any atom is -0.347 e. The molecule has 5 nitrogen and oxygen atoms in total. The Morgan fingerprint density at radius 1 is 1.33 bits per heavy atom. The SMILES string of the molecule is CCS(=O)(=O)N(CC(=O)N(C)C)c1[c]cccc1. The van der Waals surface area contributed by atoms with E-state index >= 15 is 0 Å². The molecule has 0 fully saturated rings. The van der Waals surface area contributed by atoms with E-state index in [1.165, 1.54) is 4.90 Å². The Kier molecular flexibility index (Phi) is 4.72. The Bertz CT molecular complexity index is 497. The Morgan fingerprint density at radius 2 is 2.00 bits per heavy atom. The lowest BCUT2D eigenvalue weighted by Crippen LogP contribution is -2.41. The van der Waals surface area contributed by atoms with Gasteiger partial charge in [0.05, 0.1) is 11.4 Å². The van der Waals surface area contributed by atoms with Gasteiger partial charge in [-0.3, -0.25) is 9.10 Å². The largest absolute Gasteiger partial charge is 0.347 e. The second-order valence-electron chi connectivity index (χ2n) is 3.94. The number of benzene rings is 1. The summed E-state index contributed by atoms with van der Waals surface area (Å²) in [5, 5.41) is 0. The lowest BCUT2D eigenvalue weighted by atomic mass is 10.3. The highest BCUT2D eigenvalue weighted by atomic mass is 32.2. The summed E-state index contributed by atoms with van der Waals surface area (Å²) in [4.78, 5) is 13.1.